The van der Waals surface area contributed by atoms with E-state index in [4.69, 9.17) is 0 Å². The highest BCUT2D eigenvalue weighted by molar-refractivity contribution is 5.81. The molecule has 2 rings (SSSR count). The molecular formula is C20H25NO. The predicted molar refractivity (Wildman–Crippen MR) is 91.4 cm³/mol. The Balaban J connectivity index is 2.25. The minimum atomic E-state index is -0.0552. The lowest BCUT2D eigenvalue weighted by Gasteiger charge is -2.33. The fourth-order valence-corrected chi connectivity index (χ4v) is 3.04. The Hall–Kier alpha value is -1.93. The first-order chi connectivity index (χ1) is 10.6. The summed E-state index contributed by atoms with van der Waals surface area (Å²) in [6.07, 6.45) is 0. The minimum Gasteiger partial charge on any atom is -0.298 e. The molecule has 0 aliphatic carbocycles. The van der Waals surface area contributed by atoms with Crippen molar-refractivity contribution in [3.8, 4) is 0 Å². The maximum absolute atomic E-state index is 12.2. The highest BCUT2D eigenvalue weighted by Crippen LogP contribution is 2.19. The second-order valence-corrected chi connectivity index (χ2v) is 6.18. The van der Waals surface area contributed by atoms with Gasteiger partial charge in [-0.15, -0.1) is 0 Å². The van der Waals surface area contributed by atoms with Crippen LogP contribution in [-0.4, -0.2) is 16.7 Å². The average molecular weight is 295 g/mol. The molecule has 0 saturated heterocycles. The zero-order chi connectivity index (χ0) is 15.9. The molecule has 2 nitrogen and oxygen atoms in total. The summed E-state index contributed by atoms with van der Waals surface area (Å²) in [5.74, 6) is 0.534. The molecule has 0 amide bonds. The number of Topliss-reactive ketones (excluding diaryl/α,β-unsaturated/α-hetero) is 1. The third kappa shape index (κ3) is 4.54. The van der Waals surface area contributed by atoms with Crippen LogP contribution in [0.25, 0.3) is 0 Å². The summed E-state index contributed by atoms with van der Waals surface area (Å²) in [5, 5.41) is 0. The molecule has 0 aromatic heterocycles. The lowest BCUT2D eigenvalue weighted by molar-refractivity contribution is -0.124. The Bertz CT molecular complexity index is 536. The molecule has 0 fully saturated rings. The molecule has 22 heavy (non-hydrogen) atoms. The van der Waals surface area contributed by atoms with Crippen LogP contribution in [0.2, 0.25) is 0 Å². The summed E-state index contributed by atoms with van der Waals surface area (Å²) in [5.41, 5.74) is 2.48. The van der Waals surface area contributed by atoms with Gasteiger partial charge in [0.05, 0.1) is 6.04 Å². The van der Waals surface area contributed by atoms with Gasteiger partial charge in [-0.25, -0.2) is 0 Å². The number of rotatable bonds is 7. The molecule has 0 heterocycles. The van der Waals surface area contributed by atoms with E-state index < -0.39 is 0 Å². The Morgan fingerprint density at radius 2 is 1.27 bits per heavy atom. The summed E-state index contributed by atoms with van der Waals surface area (Å²) in [6, 6.07) is 20.7. The van der Waals surface area contributed by atoms with E-state index in [1.807, 2.05) is 36.4 Å². The van der Waals surface area contributed by atoms with Crippen molar-refractivity contribution in [3.63, 3.8) is 0 Å². The molecule has 0 unspecified atom stereocenters. The highest BCUT2D eigenvalue weighted by Gasteiger charge is 2.26. The molecule has 0 radical (unpaired) electrons. The van der Waals surface area contributed by atoms with Crippen LogP contribution in [0, 0.1) is 5.92 Å². The van der Waals surface area contributed by atoms with Crippen molar-refractivity contribution >= 4 is 5.78 Å². The molecule has 1 atom stereocenters. The summed E-state index contributed by atoms with van der Waals surface area (Å²) in [6.45, 7) is 7.52. The van der Waals surface area contributed by atoms with E-state index in [-0.39, 0.29) is 11.8 Å². The topological polar surface area (TPSA) is 20.3 Å². The molecule has 0 N–H and O–H groups in total. The largest absolute Gasteiger partial charge is 0.298 e. The van der Waals surface area contributed by atoms with Crippen LogP contribution < -0.4 is 0 Å². The molecule has 2 heteroatoms. The Labute approximate surface area is 133 Å². The van der Waals surface area contributed by atoms with E-state index >= 15 is 0 Å². The van der Waals surface area contributed by atoms with Gasteiger partial charge in [-0.2, -0.15) is 0 Å². The smallest absolute Gasteiger partial charge is 0.147 e. The number of benzene rings is 2. The number of carbonyl (C=O) groups is 1. The van der Waals surface area contributed by atoms with E-state index in [2.05, 4.69) is 43.0 Å². The van der Waals surface area contributed by atoms with Crippen molar-refractivity contribution in [2.45, 2.75) is 39.9 Å². The van der Waals surface area contributed by atoms with Gasteiger partial charge in [0.25, 0.3) is 0 Å². The van der Waals surface area contributed by atoms with E-state index in [0.29, 0.717) is 5.92 Å². The van der Waals surface area contributed by atoms with Crippen molar-refractivity contribution < 1.29 is 4.79 Å². The zero-order valence-electron chi connectivity index (χ0n) is 13.7. The molecule has 116 valence electrons. The summed E-state index contributed by atoms with van der Waals surface area (Å²) in [4.78, 5) is 14.5. The van der Waals surface area contributed by atoms with Crippen LogP contribution in [0.3, 0.4) is 0 Å². The fourth-order valence-electron chi connectivity index (χ4n) is 3.04. The average Bonchev–Trinajstić information content (AvgIpc) is 2.48. The van der Waals surface area contributed by atoms with Gasteiger partial charge in [0, 0.05) is 13.1 Å². The Morgan fingerprint density at radius 1 is 0.864 bits per heavy atom. The molecule has 0 bridgehead atoms. The number of hydrogen-bond acceptors (Lipinski definition) is 2. The van der Waals surface area contributed by atoms with Crippen LogP contribution >= 0.6 is 0 Å². The van der Waals surface area contributed by atoms with E-state index in [1.54, 1.807) is 6.92 Å². The SMILES string of the molecule is CC(=O)[C@H](C(C)C)N(Cc1ccccc1)Cc1ccccc1. The Kier molecular flexibility index (Phi) is 5.91. The fraction of sp³-hybridized carbons (Fsp3) is 0.350. The van der Waals surface area contributed by atoms with Gasteiger partial charge in [0.15, 0.2) is 0 Å². The molecule has 2 aromatic carbocycles. The first-order valence-electron chi connectivity index (χ1n) is 7.90. The number of carbonyl (C=O) groups excluding carboxylic acids is 1. The number of nitrogens with zero attached hydrogens (tertiary/aromatic N) is 1. The van der Waals surface area contributed by atoms with Crippen LogP contribution in [0.5, 0.6) is 0 Å². The second kappa shape index (κ2) is 7.90. The van der Waals surface area contributed by atoms with Gasteiger partial charge >= 0.3 is 0 Å². The second-order valence-electron chi connectivity index (χ2n) is 6.18. The Morgan fingerprint density at radius 3 is 1.59 bits per heavy atom. The third-order valence-electron chi connectivity index (χ3n) is 3.90. The molecule has 0 saturated carbocycles. The molecule has 0 aliphatic rings. The monoisotopic (exact) mass is 295 g/mol. The van der Waals surface area contributed by atoms with Crippen LogP contribution in [0.1, 0.15) is 31.9 Å². The van der Waals surface area contributed by atoms with Crippen molar-refractivity contribution in [1.82, 2.24) is 4.90 Å². The van der Waals surface area contributed by atoms with Crippen molar-refractivity contribution in [3.05, 3.63) is 71.8 Å². The minimum absolute atomic E-state index is 0.0552. The molecule has 0 spiro atoms. The zero-order valence-corrected chi connectivity index (χ0v) is 13.7. The first-order valence-corrected chi connectivity index (χ1v) is 7.90. The quantitative estimate of drug-likeness (QED) is 0.759. The summed E-state index contributed by atoms with van der Waals surface area (Å²) < 4.78 is 0. The van der Waals surface area contributed by atoms with Gasteiger partial charge in [0.2, 0.25) is 0 Å². The third-order valence-corrected chi connectivity index (χ3v) is 3.90. The van der Waals surface area contributed by atoms with Crippen molar-refractivity contribution in [2.24, 2.45) is 5.92 Å². The van der Waals surface area contributed by atoms with Gasteiger partial charge in [-0.05, 0) is 24.0 Å². The van der Waals surface area contributed by atoms with Gasteiger partial charge in [-0.3, -0.25) is 9.69 Å². The van der Waals surface area contributed by atoms with E-state index in [9.17, 15) is 4.79 Å². The lowest BCUT2D eigenvalue weighted by atomic mass is 9.97. The van der Waals surface area contributed by atoms with Gasteiger partial charge in [0.1, 0.15) is 5.78 Å². The number of ketones is 1. The van der Waals surface area contributed by atoms with Crippen LogP contribution in [0.15, 0.2) is 60.7 Å². The van der Waals surface area contributed by atoms with Gasteiger partial charge < -0.3 is 0 Å². The van der Waals surface area contributed by atoms with Gasteiger partial charge in [-0.1, -0.05) is 74.5 Å². The summed E-state index contributed by atoms with van der Waals surface area (Å²) >= 11 is 0. The molecule has 2 aromatic rings. The van der Waals surface area contributed by atoms with E-state index in [1.165, 1.54) is 11.1 Å². The molecular weight excluding hydrogens is 270 g/mol. The first kappa shape index (κ1) is 16.4. The maximum atomic E-state index is 12.2. The van der Waals surface area contributed by atoms with Crippen LogP contribution in [0.4, 0.5) is 0 Å². The summed E-state index contributed by atoms with van der Waals surface area (Å²) in [7, 11) is 0. The standard InChI is InChI=1S/C20H25NO/c1-16(2)20(17(3)22)21(14-18-10-6-4-7-11-18)15-19-12-8-5-9-13-19/h4-13,16,20H,14-15H2,1-3H3/t20-/m0/s1. The molecule has 0 aliphatic heterocycles. The predicted octanol–water partition coefficient (Wildman–Crippen LogP) is 4.30. The lowest BCUT2D eigenvalue weighted by Crippen LogP contribution is -2.42. The number of hydrogen-bond donors (Lipinski definition) is 0. The van der Waals surface area contributed by atoms with Crippen LogP contribution in [-0.2, 0) is 17.9 Å². The normalized spacial score (nSPS) is 12.6. The maximum Gasteiger partial charge on any atom is 0.147 e. The van der Waals surface area contributed by atoms with Crippen molar-refractivity contribution in [1.29, 1.82) is 0 Å². The van der Waals surface area contributed by atoms with E-state index in [0.717, 1.165) is 13.1 Å². The van der Waals surface area contributed by atoms with Crippen molar-refractivity contribution in [2.75, 3.05) is 0 Å². The highest BCUT2D eigenvalue weighted by atomic mass is 16.1.